The van der Waals surface area contributed by atoms with E-state index in [0.717, 1.165) is 18.6 Å². The second-order valence-electron chi connectivity index (χ2n) is 6.27. The largest absolute Gasteiger partial charge is 0.494 e. The number of hydrogen-bond acceptors (Lipinski definition) is 4. The van der Waals surface area contributed by atoms with E-state index in [9.17, 15) is 9.59 Å². The smallest absolute Gasteiger partial charge is 0.273 e. The summed E-state index contributed by atoms with van der Waals surface area (Å²) in [4.78, 5) is 24.5. The van der Waals surface area contributed by atoms with Crippen LogP contribution in [0.5, 0.6) is 11.5 Å². The van der Waals surface area contributed by atoms with E-state index >= 15 is 0 Å². The van der Waals surface area contributed by atoms with Crippen LogP contribution in [0.3, 0.4) is 0 Å². The number of ether oxygens (including phenoxy) is 2. The van der Waals surface area contributed by atoms with Gasteiger partial charge in [0.25, 0.3) is 11.8 Å². The van der Waals surface area contributed by atoms with Crippen molar-refractivity contribution in [3.8, 4) is 11.5 Å². The molecular formula is C22H28N2O4. The first-order valence-electron chi connectivity index (χ1n) is 9.71. The van der Waals surface area contributed by atoms with Gasteiger partial charge in [-0.25, -0.2) is 0 Å². The molecule has 0 fully saturated rings. The Kier molecular flexibility index (Phi) is 8.85. The van der Waals surface area contributed by atoms with E-state index < -0.39 is 11.8 Å². The molecule has 2 aromatic rings. The standard InChI is InChI=1S/C22H28N2O4/c1-3-5-6-9-16-28-18-14-12-17(13-15-18)21(25)23-24-22(26)19-10-7-8-11-20(19)27-4-2/h7-8,10-15H,3-6,9,16H2,1-2H3,(H,23,25)(H,24,26). The van der Waals surface area contributed by atoms with Crippen LogP contribution in [0.15, 0.2) is 48.5 Å². The molecule has 0 aliphatic carbocycles. The summed E-state index contributed by atoms with van der Waals surface area (Å²) in [5.41, 5.74) is 5.62. The molecule has 150 valence electrons. The topological polar surface area (TPSA) is 76.7 Å². The number of carbonyl (C=O) groups excluding carboxylic acids is 2. The van der Waals surface area contributed by atoms with Crippen molar-refractivity contribution in [1.29, 1.82) is 0 Å². The SMILES string of the molecule is CCCCCCOc1ccc(C(=O)NNC(=O)c2ccccc2OCC)cc1. The van der Waals surface area contributed by atoms with Gasteiger partial charge in [0.15, 0.2) is 0 Å². The third kappa shape index (κ3) is 6.61. The van der Waals surface area contributed by atoms with E-state index in [1.165, 1.54) is 12.8 Å². The van der Waals surface area contributed by atoms with Crippen molar-refractivity contribution in [1.82, 2.24) is 10.9 Å². The highest BCUT2D eigenvalue weighted by Gasteiger charge is 2.13. The van der Waals surface area contributed by atoms with Crippen LogP contribution < -0.4 is 20.3 Å². The summed E-state index contributed by atoms with van der Waals surface area (Å²) in [6.07, 6.45) is 4.58. The predicted octanol–water partition coefficient (Wildman–Crippen LogP) is 4.12. The van der Waals surface area contributed by atoms with E-state index in [4.69, 9.17) is 9.47 Å². The maximum absolute atomic E-state index is 12.3. The molecule has 2 N–H and O–H groups in total. The first-order valence-corrected chi connectivity index (χ1v) is 9.71. The van der Waals surface area contributed by atoms with Gasteiger partial charge in [0, 0.05) is 5.56 Å². The molecule has 0 spiro atoms. The molecule has 0 aliphatic heterocycles. The van der Waals surface area contributed by atoms with Crippen molar-refractivity contribution >= 4 is 11.8 Å². The van der Waals surface area contributed by atoms with Crippen molar-refractivity contribution in [2.24, 2.45) is 0 Å². The Morgan fingerprint density at radius 3 is 2.25 bits per heavy atom. The molecular weight excluding hydrogens is 356 g/mol. The van der Waals surface area contributed by atoms with Gasteiger partial charge < -0.3 is 9.47 Å². The second-order valence-corrected chi connectivity index (χ2v) is 6.27. The summed E-state index contributed by atoms with van der Waals surface area (Å²) >= 11 is 0. The van der Waals surface area contributed by atoms with Crippen LogP contribution >= 0.6 is 0 Å². The molecule has 6 nitrogen and oxygen atoms in total. The van der Waals surface area contributed by atoms with Crippen LogP contribution in [0.4, 0.5) is 0 Å². The summed E-state index contributed by atoms with van der Waals surface area (Å²) in [6.45, 7) is 5.13. The highest BCUT2D eigenvalue weighted by molar-refractivity contribution is 6.00. The maximum Gasteiger partial charge on any atom is 0.273 e. The Hall–Kier alpha value is -3.02. The third-order valence-corrected chi connectivity index (χ3v) is 4.10. The molecule has 0 saturated carbocycles. The molecule has 0 saturated heterocycles. The summed E-state index contributed by atoms with van der Waals surface area (Å²) in [5.74, 6) is 0.348. The number of hydrazine groups is 1. The number of benzene rings is 2. The number of nitrogens with one attached hydrogen (secondary N) is 2. The number of hydrogen-bond donors (Lipinski definition) is 2. The van der Waals surface area contributed by atoms with E-state index in [0.29, 0.717) is 30.1 Å². The first kappa shape index (κ1) is 21.3. The van der Waals surface area contributed by atoms with Crippen molar-refractivity contribution in [3.63, 3.8) is 0 Å². The number of carbonyl (C=O) groups is 2. The zero-order valence-electron chi connectivity index (χ0n) is 16.5. The van der Waals surface area contributed by atoms with Gasteiger partial charge in [-0.3, -0.25) is 20.4 Å². The third-order valence-electron chi connectivity index (χ3n) is 4.10. The van der Waals surface area contributed by atoms with Crippen molar-refractivity contribution in [2.75, 3.05) is 13.2 Å². The lowest BCUT2D eigenvalue weighted by atomic mass is 10.2. The molecule has 28 heavy (non-hydrogen) atoms. The van der Waals surface area contributed by atoms with E-state index in [-0.39, 0.29) is 0 Å². The van der Waals surface area contributed by atoms with Crippen molar-refractivity contribution in [3.05, 3.63) is 59.7 Å². The van der Waals surface area contributed by atoms with E-state index in [2.05, 4.69) is 17.8 Å². The predicted molar refractivity (Wildman–Crippen MR) is 109 cm³/mol. The summed E-state index contributed by atoms with van der Waals surface area (Å²) in [5, 5.41) is 0. The Morgan fingerprint density at radius 2 is 1.54 bits per heavy atom. The Bertz CT molecular complexity index is 759. The lowest BCUT2D eigenvalue weighted by Gasteiger charge is -2.11. The zero-order valence-corrected chi connectivity index (χ0v) is 16.5. The van der Waals surface area contributed by atoms with Crippen molar-refractivity contribution in [2.45, 2.75) is 39.5 Å². The fourth-order valence-corrected chi connectivity index (χ4v) is 2.61. The van der Waals surface area contributed by atoms with Crippen LogP contribution in [0.25, 0.3) is 0 Å². The maximum atomic E-state index is 12.3. The molecule has 0 radical (unpaired) electrons. The minimum atomic E-state index is -0.440. The number of rotatable bonds is 10. The van der Waals surface area contributed by atoms with Gasteiger partial charge >= 0.3 is 0 Å². The fraction of sp³-hybridized carbons (Fsp3) is 0.364. The van der Waals surface area contributed by atoms with Crippen LogP contribution in [0, 0.1) is 0 Å². The molecule has 0 bridgehead atoms. The average Bonchev–Trinajstić information content (AvgIpc) is 2.72. The lowest BCUT2D eigenvalue weighted by molar-refractivity contribution is 0.0844. The van der Waals surface area contributed by atoms with Crippen LogP contribution in [0.1, 0.15) is 60.2 Å². The van der Waals surface area contributed by atoms with Gasteiger partial charge in [-0.1, -0.05) is 38.3 Å². The Balaban J connectivity index is 1.83. The molecule has 2 rings (SSSR count). The molecule has 2 aromatic carbocycles. The molecule has 2 amide bonds. The average molecular weight is 384 g/mol. The highest BCUT2D eigenvalue weighted by Crippen LogP contribution is 2.17. The van der Waals surface area contributed by atoms with Gasteiger partial charge in [0.05, 0.1) is 18.8 Å². The molecule has 0 atom stereocenters. The molecule has 6 heteroatoms. The number of para-hydroxylation sites is 1. The molecule has 0 unspecified atom stereocenters. The minimum absolute atomic E-state index is 0.358. The van der Waals surface area contributed by atoms with Crippen LogP contribution in [-0.2, 0) is 0 Å². The van der Waals surface area contributed by atoms with Gasteiger partial charge in [-0.15, -0.1) is 0 Å². The highest BCUT2D eigenvalue weighted by atomic mass is 16.5. The second kappa shape index (κ2) is 11.6. The van der Waals surface area contributed by atoms with Crippen LogP contribution in [-0.4, -0.2) is 25.0 Å². The van der Waals surface area contributed by atoms with E-state index in [1.54, 1.807) is 48.5 Å². The number of amides is 2. The van der Waals surface area contributed by atoms with Gasteiger partial charge in [-0.05, 0) is 49.7 Å². The monoisotopic (exact) mass is 384 g/mol. The summed E-state index contributed by atoms with van der Waals surface area (Å²) in [6, 6.07) is 13.7. The quantitative estimate of drug-likeness (QED) is 0.477. The number of unbranched alkanes of at least 4 members (excludes halogenated alkanes) is 3. The Labute approximate surface area is 166 Å². The molecule has 0 aliphatic rings. The van der Waals surface area contributed by atoms with Crippen LogP contribution in [0.2, 0.25) is 0 Å². The fourth-order valence-electron chi connectivity index (χ4n) is 2.61. The van der Waals surface area contributed by atoms with Gasteiger partial charge in [-0.2, -0.15) is 0 Å². The summed E-state index contributed by atoms with van der Waals surface area (Å²) < 4.78 is 11.1. The summed E-state index contributed by atoms with van der Waals surface area (Å²) in [7, 11) is 0. The molecule has 0 heterocycles. The Morgan fingerprint density at radius 1 is 0.821 bits per heavy atom. The first-order chi connectivity index (χ1) is 13.7. The van der Waals surface area contributed by atoms with Gasteiger partial charge in [0.2, 0.25) is 0 Å². The lowest BCUT2D eigenvalue weighted by Crippen LogP contribution is -2.41. The van der Waals surface area contributed by atoms with Gasteiger partial charge in [0.1, 0.15) is 11.5 Å². The minimum Gasteiger partial charge on any atom is -0.494 e. The van der Waals surface area contributed by atoms with Crippen molar-refractivity contribution < 1.29 is 19.1 Å². The van der Waals surface area contributed by atoms with E-state index in [1.807, 2.05) is 6.92 Å². The molecule has 0 aromatic heterocycles. The normalized spacial score (nSPS) is 10.2. The zero-order chi connectivity index (χ0) is 20.2.